The molecule has 1 aromatic rings. The van der Waals surface area contributed by atoms with Crippen LogP contribution < -0.4 is 4.74 Å². The zero-order valence-electron chi connectivity index (χ0n) is 12.7. The Bertz CT molecular complexity index is 463. The third-order valence-electron chi connectivity index (χ3n) is 3.61. The Morgan fingerprint density at radius 3 is 3.05 bits per heavy atom. The van der Waals surface area contributed by atoms with Crippen LogP contribution in [0, 0.1) is 0 Å². The Balaban J connectivity index is 1.90. The lowest BCUT2D eigenvalue weighted by Crippen LogP contribution is -2.46. The normalized spacial score (nSPS) is 18.6. The summed E-state index contributed by atoms with van der Waals surface area (Å²) in [7, 11) is 3.27. The summed E-state index contributed by atoms with van der Waals surface area (Å²) < 4.78 is 16.0. The molecule has 5 heteroatoms. The topological polar surface area (TPSA) is 48.0 Å². The number of carbonyl (C=O) groups is 1. The molecular formula is C16H23NO4. The Labute approximate surface area is 125 Å². The largest absolute Gasteiger partial charge is 0.497 e. The lowest BCUT2D eigenvalue weighted by atomic mass is 10.1. The van der Waals surface area contributed by atoms with E-state index in [4.69, 9.17) is 14.2 Å². The van der Waals surface area contributed by atoms with Gasteiger partial charge < -0.3 is 19.1 Å². The number of ether oxygens (including phenoxy) is 3. The standard InChI is InChI=1S/C16H23NO4/c1-19-8-6-16(18)17-7-9-21-15(12-17)11-13-4-3-5-14(10-13)20-2/h3-5,10,15H,6-9,11-12H2,1-2H3/t15-/m0/s1. The van der Waals surface area contributed by atoms with E-state index in [1.165, 1.54) is 0 Å². The van der Waals surface area contributed by atoms with E-state index in [9.17, 15) is 4.79 Å². The van der Waals surface area contributed by atoms with Crippen molar-refractivity contribution < 1.29 is 19.0 Å². The minimum atomic E-state index is 0.0392. The highest BCUT2D eigenvalue weighted by molar-refractivity contribution is 5.76. The lowest BCUT2D eigenvalue weighted by Gasteiger charge is -2.33. The van der Waals surface area contributed by atoms with Gasteiger partial charge in [-0.2, -0.15) is 0 Å². The molecule has 1 atom stereocenters. The van der Waals surface area contributed by atoms with Gasteiger partial charge in [-0.15, -0.1) is 0 Å². The first-order valence-corrected chi connectivity index (χ1v) is 7.24. The molecule has 0 saturated carbocycles. The quantitative estimate of drug-likeness (QED) is 0.797. The molecule has 2 rings (SSSR count). The summed E-state index contributed by atoms with van der Waals surface area (Å²) >= 11 is 0. The fourth-order valence-electron chi connectivity index (χ4n) is 2.48. The summed E-state index contributed by atoms with van der Waals surface area (Å²) in [6, 6.07) is 7.96. The van der Waals surface area contributed by atoms with Gasteiger partial charge in [0.15, 0.2) is 0 Å². The Hall–Kier alpha value is -1.59. The summed E-state index contributed by atoms with van der Waals surface area (Å²) in [4.78, 5) is 13.9. The van der Waals surface area contributed by atoms with Crippen molar-refractivity contribution in [2.75, 3.05) is 40.5 Å². The number of benzene rings is 1. The highest BCUT2D eigenvalue weighted by atomic mass is 16.5. The Morgan fingerprint density at radius 1 is 1.43 bits per heavy atom. The van der Waals surface area contributed by atoms with Gasteiger partial charge in [0.05, 0.1) is 32.8 Å². The minimum Gasteiger partial charge on any atom is -0.497 e. The molecule has 21 heavy (non-hydrogen) atoms. The van der Waals surface area contributed by atoms with Gasteiger partial charge in [0.25, 0.3) is 0 Å². The summed E-state index contributed by atoms with van der Waals surface area (Å²) in [6.45, 7) is 2.36. The molecule has 0 N–H and O–H groups in total. The van der Waals surface area contributed by atoms with Crippen LogP contribution in [-0.2, 0) is 20.7 Å². The van der Waals surface area contributed by atoms with Crippen LogP contribution in [0.2, 0.25) is 0 Å². The van der Waals surface area contributed by atoms with Crippen LogP contribution in [0.4, 0.5) is 0 Å². The second-order valence-corrected chi connectivity index (χ2v) is 5.13. The van der Waals surface area contributed by atoms with E-state index in [-0.39, 0.29) is 12.0 Å². The zero-order chi connectivity index (χ0) is 15.1. The summed E-state index contributed by atoms with van der Waals surface area (Å²) in [5, 5.41) is 0. The average Bonchev–Trinajstić information content (AvgIpc) is 2.53. The van der Waals surface area contributed by atoms with E-state index in [0.29, 0.717) is 32.7 Å². The van der Waals surface area contributed by atoms with Crippen LogP contribution in [-0.4, -0.2) is 57.4 Å². The fourth-order valence-corrected chi connectivity index (χ4v) is 2.48. The summed E-state index contributed by atoms with van der Waals surface area (Å²) in [5.41, 5.74) is 1.16. The van der Waals surface area contributed by atoms with E-state index >= 15 is 0 Å². The van der Waals surface area contributed by atoms with Gasteiger partial charge >= 0.3 is 0 Å². The lowest BCUT2D eigenvalue weighted by molar-refractivity contribution is -0.139. The minimum absolute atomic E-state index is 0.0392. The van der Waals surface area contributed by atoms with Crippen LogP contribution in [0.1, 0.15) is 12.0 Å². The predicted octanol–water partition coefficient (Wildman–Crippen LogP) is 1.50. The maximum atomic E-state index is 12.0. The van der Waals surface area contributed by atoms with Crippen LogP contribution >= 0.6 is 0 Å². The van der Waals surface area contributed by atoms with E-state index < -0.39 is 0 Å². The van der Waals surface area contributed by atoms with Crippen molar-refractivity contribution in [3.05, 3.63) is 29.8 Å². The molecule has 5 nitrogen and oxygen atoms in total. The van der Waals surface area contributed by atoms with Crippen molar-refractivity contribution in [1.82, 2.24) is 4.90 Å². The molecule has 0 aromatic heterocycles. The first-order chi connectivity index (χ1) is 10.2. The average molecular weight is 293 g/mol. The molecule has 1 aromatic carbocycles. The first-order valence-electron chi connectivity index (χ1n) is 7.24. The van der Waals surface area contributed by atoms with Gasteiger partial charge in [0.2, 0.25) is 5.91 Å². The van der Waals surface area contributed by atoms with Gasteiger partial charge in [-0.3, -0.25) is 4.79 Å². The maximum Gasteiger partial charge on any atom is 0.225 e. The molecule has 0 aliphatic carbocycles. The molecule has 1 amide bonds. The number of morpholine rings is 1. The monoisotopic (exact) mass is 293 g/mol. The maximum absolute atomic E-state index is 12.0. The zero-order valence-corrected chi connectivity index (χ0v) is 12.7. The fraction of sp³-hybridized carbons (Fsp3) is 0.562. The Morgan fingerprint density at radius 2 is 2.29 bits per heavy atom. The van der Waals surface area contributed by atoms with Crippen molar-refractivity contribution in [3.8, 4) is 5.75 Å². The van der Waals surface area contributed by atoms with E-state index in [1.807, 2.05) is 23.1 Å². The summed E-state index contributed by atoms with van der Waals surface area (Å²) in [6.07, 6.45) is 1.26. The van der Waals surface area contributed by atoms with Crippen molar-refractivity contribution in [2.45, 2.75) is 18.9 Å². The second kappa shape index (κ2) is 8.00. The highest BCUT2D eigenvalue weighted by Gasteiger charge is 2.24. The van der Waals surface area contributed by atoms with Gasteiger partial charge in [-0.1, -0.05) is 12.1 Å². The van der Waals surface area contributed by atoms with Crippen molar-refractivity contribution in [1.29, 1.82) is 0 Å². The van der Waals surface area contributed by atoms with Gasteiger partial charge in [-0.05, 0) is 17.7 Å². The third-order valence-corrected chi connectivity index (χ3v) is 3.61. The molecule has 116 valence electrons. The highest BCUT2D eigenvalue weighted by Crippen LogP contribution is 2.17. The molecular weight excluding hydrogens is 270 g/mol. The number of rotatable bonds is 6. The third kappa shape index (κ3) is 4.72. The number of hydrogen-bond donors (Lipinski definition) is 0. The molecule has 1 saturated heterocycles. The molecule has 0 bridgehead atoms. The van der Waals surface area contributed by atoms with Gasteiger partial charge in [0.1, 0.15) is 5.75 Å². The second-order valence-electron chi connectivity index (χ2n) is 5.13. The molecule has 0 radical (unpaired) electrons. The van der Waals surface area contributed by atoms with Crippen LogP contribution in [0.5, 0.6) is 5.75 Å². The van der Waals surface area contributed by atoms with Gasteiger partial charge in [0, 0.05) is 26.6 Å². The SMILES string of the molecule is COCCC(=O)N1CCO[C@@H](Cc2cccc(OC)c2)C1. The number of methoxy groups -OCH3 is 2. The van der Waals surface area contributed by atoms with E-state index in [2.05, 4.69) is 6.07 Å². The molecule has 0 unspecified atom stereocenters. The van der Waals surface area contributed by atoms with E-state index in [0.717, 1.165) is 17.7 Å². The predicted molar refractivity (Wildman–Crippen MR) is 79.5 cm³/mol. The van der Waals surface area contributed by atoms with Gasteiger partial charge in [-0.25, -0.2) is 0 Å². The molecule has 1 heterocycles. The van der Waals surface area contributed by atoms with Crippen LogP contribution in [0.25, 0.3) is 0 Å². The molecule has 1 aliphatic heterocycles. The number of amides is 1. The smallest absolute Gasteiger partial charge is 0.225 e. The molecule has 1 fully saturated rings. The van der Waals surface area contributed by atoms with Crippen molar-refractivity contribution in [2.24, 2.45) is 0 Å². The number of hydrogen-bond acceptors (Lipinski definition) is 4. The summed E-state index contributed by atoms with van der Waals surface area (Å²) in [5.74, 6) is 0.979. The van der Waals surface area contributed by atoms with E-state index in [1.54, 1.807) is 14.2 Å². The first kappa shape index (κ1) is 15.8. The molecule has 0 spiro atoms. The van der Waals surface area contributed by atoms with Crippen LogP contribution in [0.15, 0.2) is 24.3 Å². The Kier molecular flexibility index (Phi) is 6.02. The number of nitrogens with zero attached hydrogens (tertiary/aromatic N) is 1. The number of carbonyl (C=O) groups excluding carboxylic acids is 1. The molecule has 1 aliphatic rings. The van der Waals surface area contributed by atoms with Crippen molar-refractivity contribution >= 4 is 5.91 Å². The van der Waals surface area contributed by atoms with Crippen molar-refractivity contribution in [3.63, 3.8) is 0 Å². The van der Waals surface area contributed by atoms with Crippen LogP contribution in [0.3, 0.4) is 0 Å².